The molecule has 0 saturated heterocycles. The molecule has 0 radical (unpaired) electrons. The standard InChI is InChI=1S/C5H6O4.Ti/c1-2-3-9-5(8)4(6)7;/h2H,1,3H2,(H,6,7);. The van der Waals surface area contributed by atoms with Crippen LogP contribution in [0.4, 0.5) is 0 Å². The fraction of sp³-hybridized carbons (Fsp3) is 0.200. The fourth-order valence-corrected chi connectivity index (χ4v) is 0.196. The van der Waals surface area contributed by atoms with Crippen LogP contribution in [0.3, 0.4) is 0 Å². The van der Waals surface area contributed by atoms with E-state index in [4.69, 9.17) is 5.11 Å². The molecule has 0 heterocycles. The van der Waals surface area contributed by atoms with Crippen molar-refractivity contribution in [3.05, 3.63) is 12.7 Å². The minimum absolute atomic E-state index is 0. The van der Waals surface area contributed by atoms with E-state index < -0.39 is 11.9 Å². The van der Waals surface area contributed by atoms with Gasteiger partial charge < -0.3 is 9.84 Å². The van der Waals surface area contributed by atoms with Crippen molar-refractivity contribution in [1.82, 2.24) is 0 Å². The zero-order chi connectivity index (χ0) is 7.28. The number of rotatable bonds is 2. The van der Waals surface area contributed by atoms with Gasteiger partial charge in [0, 0.05) is 21.7 Å². The molecule has 0 unspecified atom stereocenters. The van der Waals surface area contributed by atoms with Gasteiger partial charge in [0.25, 0.3) is 0 Å². The number of esters is 1. The summed E-state index contributed by atoms with van der Waals surface area (Å²) in [4.78, 5) is 19.7. The third kappa shape index (κ3) is 5.53. The largest absolute Gasteiger partial charge is 0.473 e. The summed E-state index contributed by atoms with van der Waals surface area (Å²) in [5, 5.41) is 7.90. The van der Waals surface area contributed by atoms with E-state index in [2.05, 4.69) is 11.3 Å². The summed E-state index contributed by atoms with van der Waals surface area (Å²) in [6, 6.07) is 0. The van der Waals surface area contributed by atoms with Gasteiger partial charge in [-0.15, -0.1) is 0 Å². The predicted molar refractivity (Wildman–Crippen MR) is 28.8 cm³/mol. The number of carbonyl (C=O) groups is 2. The van der Waals surface area contributed by atoms with E-state index in [1.165, 1.54) is 6.08 Å². The van der Waals surface area contributed by atoms with Crippen LogP contribution in [0.2, 0.25) is 0 Å². The average Bonchev–Trinajstić information content (AvgIpc) is 1.82. The zero-order valence-corrected chi connectivity index (χ0v) is 6.73. The topological polar surface area (TPSA) is 63.6 Å². The minimum Gasteiger partial charge on any atom is -0.473 e. The number of carbonyl (C=O) groups excluding carboxylic acids is 1. The molecular weight excluding hydrogens is 172 g/mol. The Morgan fingerprint density at radius 3 is 2.40 bits per heavy atom. The van der Waals surface area contributed by atoms with Crippen LogP contribution in [-0.2, 0) is 36.0 Å². The molecule has 0 saturated carbocycles. The van der Waals surface area contributed by atoms with Crippen molar-refractivity contribution < 1.29 is 41.2 Å². The van der Waals surface area contributed by atoms with Gasteiger partial charge in [0.05, 0.1) is 0 Å². The molecule has 0 fully saturated rings. The van der Waals surface area contributed by atoms with Gasteiger partial charge in [0.15, 0.2) is 0 Å². The van der Waals surface area contributed by atoms with Crippen molar-refractivity contribution in [2.45, 2.75) is 0 Å². The Balaban J connectivity index is 0. The van der Waals surface area contributed by atoms with Gasteiger partial charge in [0.1, 0.15) is 6.61 Å². The first-order chi connectivity index (χ1) is 4.18. The average molecular weight is 178 g/mol. The van der Waals surface area contributed by atoms with E-state index in [1.54, 1.807) is 0 Å². The van der Waals surface area contributed by atoms with E-state index in [1.807, 2.05) is 0 Å². The van der Waals surface area contributed by atoms with Crippen LogP contribution in [0.1, 0.15) is 0 Å². The third-order valence-electron chi connectivity index (χ3n) is 0.507. The maximum Gasteiger partial charge on any atom is 0.417 e. The number of hydrogen-bond donors (Lipinski definition) is 1. The summed E-state index contributed by atoms with van der Waals surface area (Å²) in [7, 11) is 0. The number of carboxylic acid groups (broad SMARTS) is 1. The zero-order valence-electron chi connectivity index (χ0n) is 5.16. The summed E-state index contributed by atoms with van der Waals surface area (Å²) >= 11 is 0. The molecule has 0 aliphatic carbocycles. The Labute approximate surface area is 72.7 Å². The third-order valence-corrected chi connectivity index (χ3v) is 0.507. The van der Waals surface area contributed by atoms with Crippen molar-refractivity contribution in [3.63, 3.8) is 0 Å². The molecule has 0 bridgehead atoms. The quantitative estimate of drug-likeness (QED) is 0.275. The molecule has 10 heavy (non-hydrogen) atoms. The van der Waals surface area contributed by atoms with Crippen molar-refractivity contribution >= 4 is 11.9 Å². The Kier molecular flexibility index (Phi) is 7.89. The van der Waals surface area contributed by atoms with Gasteiger partial charge in [-0.25, -0.2) is 9.59 Å². The minimum atomic E-state index is -1.59. The van der Waals surface area contributed by atoms with Gasteiger partial charge in [-0.3, -0.25) is 0 Å². The van der Waals surface area contributed by atoms with E-state index in [0.29, 0.717) is 0 Å². The molecule has 0 atom stereocenters. The summed E-state index contributed by atoms with van der Waals surface area (Å²) in [5.41, 5.74) is 0. The van der Waals surface area contributed by atoms with E-state index in [-0.39, 0.29) is 28.3 Å². The Hall–Kier alpha value is -0.606. The van der Waals surface area contributed by atoms with Crippen LogP contribution in [0.25, 0.3) is 0 Å². The first-order valence-corrected chi connectivity index (χ1v) is 2.19. The molecule has 5 heteroatoms. The van der Waals surface area contributed by atoms with Gasteiger partial charge in [-0.05, 0) is 0 Å². The second-order valence-corrected chi connectivity index (χ2v) is 1.19. The molecule has 0 rings (SSSR count). The van der Waals surface area contributed by atoms with E-state index in [0.717, 1.165) is 0 Å². The Morgan fingerprint density at radius 1 is 1.60 bits per heavy atom. The molecule has 0 amide bonds. The van der Waals surface area contributed by atoms with Crippen molar-refractivity contribution in [2.75, 3.05) is 6.61 Å². The number of ether oxygens (including phenoxy) is 1. The van der Waals surface area contributed by atoms with Crippen LogP contribution >= 0.6 is 0 Å². The molecule has 0 spiro atoms. The van der Waals surface area contributed by atoms with Crippen LogP contribution in [0, 0.1) is 0 Å². The van der Waals surface area contributed by atoms with Gasteiger partial charge in [-0.2, -0.15) is 0 Å². The summed E-state index contributed by atoms with van der Waals surface area (Å²) in [5.74, 6) is -2.84. The maximum absolute atomic E-state index is 10.0. The second-order valence-electron chi connectivity index (χ2n) is 1.19. The van der Waals surface area contributed by atoms with E-state index >= 15 is 0 Å². The monoisotopic (exact) mass is 178 g/mol. The van der Waals surface area contributed by atoms with Crippen molar-refractivity contribution in [1.29, 1.82) is 0 Å². The van der Waals surface area contributed by atoms with Gasteiger partial charge in [0.2, 0.25) is 0 Å². The molecule has 0 aliphatic heterocycles. The molecule has 1 N–H and O–H groups in total. The molecule has 0 aliphatic rings. The van der Waals surface area contributed by atoms with Crippen molar-refractivity contribution in [2.24, 2.45) is 0 Å². The maximum atomic E-state index is 10.0. The van der Waals surface area contributed by atoms with Gasteiger partial charge >= 0.3 is 11.9 Å². The molecule has 4 nitrogen and oxygen atoms in total. The smallest absolute Gasteiger partial charge is 0.417 e. The van der Waals surface area contributed by atoms with Crippen LogP contribution in [0.5, 0.6) is 0 Å². The van der Waals surface area contributed by atoms with E-state index in [9.17, 15) is 9.59 Å². The first-order valence-electron chi connectivity index (χ1n) is 2.19. The summed E-state index contributed by atoms with van der Waals surface area (Å²) in [6.45, 7) is 3.16. The van der Waals surface area contributed by atoms with Crippen LogP contribution in [-0.4, -0.2) is 23.7 Å². The van der Waals surface area contributed by atoms with Crippen LogP contribution in [0.15, 0.2) is 12.7 Å². The molecule has 54 valence electrons. The number of hydrogen-bond acceptors (Lipinski definition) is 3. The van der Waals surface area contributed by atoms with Gasteiger partial charge in [-0.1, -0.05) is 12.7 Å². The summed E-state index contributed by atoms with van der Waals surface area (Å²) < 4.78 is 4.10. The second kappa shape index (κ2) is 6.51. The predicted octanol–water partition coefficient (Wildman–Crippen LogP) is -0.202. The first kappa shape index (κ1) is 12.1. The molecule has 0 aromatic rings. The summed E-state index contributed by atoms with van der Waals surface area (Å²) in [6.07, 6.45) is 1.29. The fourth-order valence-electron chi connectivity index (χ4n) is 0.196. The SMILES string of the molecule is C=CCOC(=O)C(=O)O.[Ti]. The number of carboxylic acids is 1. The molecular formula is C5H6O4Ti. The van der Waals surface area contributed by atoms with Crippen molar-refractivity contribution in [3.8, 4) is 0 Å². The normalized spacial score (nSPS) is 7.20. The number of aliphatic carboxylic acids is 1. The molecule has 0 aromatic heterocycles. The molecule has 0 aromatic carbocycles. The van der Waals surface area contributed by atoms with Crippen LogP contribution < -0.4 is 0 Å². The Bertz CT molecular complexity index is 143. The Morgan fingerprint density at radius 2 is 2.10 bits per heavy atom.